The Kier molecular flexibility index (Phi) is 2.86. The summed E-state index contributed by atoms with van der Waals surface area (Å²) in [7, 11) is 0. The van der Waals surface area contributed by atoms with E-state index in [1.165, 1.54) is 19.4 Å². The average molecular weight is 145 g/mol. The van der Waals surface area contributed by atoms with E-state index in [4.69, 9.17) is 0 Å². The fourth-order valence-corrected chi connectivity index (χ4v) is 1.86. The van der Waals surface area contributed by atoms with Crippen molar-refractivity contribution in [1.82, 2.24) is 5.32 Å². The lowest BCUT2D eigenvalue weighted by molar-refractivity contribution is 0.378. The van der Waals surface area contributed by atoms with Crippen molar-refractivity contribution >= 4 is 12.6 Å². The summed E-state index contributed by atoms with van der Waals surface area (Å²) in [5, 5.41) is 3.92. The molecule has 1 saturated heterocycles. The number of nitrogens with one attached hydrogen (secondary N) is 1. The van der Waals surface area contributed by atoms with Crippen molar-refractivity contribution in [2.24, 2.45) is 5.92 Å². The molecule has 1 nitrogen and oxygen atoms in total. The van der Waals surface area contributed by atoms with Gasteiger partial charge < -0.3 is 5.32 Å². The largest absolute Gasteiger partial charge is 0.316 e. The molecular weight excluding hydrogens is 130 g/mol. The second kappa shape index (κ2) is 3.47. The minimum absolute atomic E-state index is 0.601. The summed E-state index contributed by atoms with van der Waals surface area (Å²) >= 11 is 4.47. The summed E-state index contributed by atoms with van der Waals surface area (Å²) in [6.07, 6.45) is 2.60. The van der Waals surface area contributed by atoms with Crippen LogP contribution >= 0.6 is 12.6 Å². The Morgan fingerprint density at radius 1 is 1.67 bits per heavy atom. The number of hydrogen-bond donors (Lipinski definition) is 2. The Balaban J connectivity index is 2.30. The van der Waals surface area contributed by atoms with Gasteiger partial charge in [-0.15, -0.1) is 0 Å². The van der Waals surface area contributed by atoms with Crippen LogP contribution in [0.4, 0.5) is 0 Å². The first-order valence-corrected chi connectivity index (χ1v) is 4.25. The lowest BCUT2D eigenvalue weighted by Crippen LogP contribution is -2.37. The molecule has 0 aromatic heterocycles. The summed E-state index contributed by atoms with van der Waals surface area (Å²) in [4.78, 5) is 0. The predicted octanol–water partition coefficient (Wildman–Crippen LogP) is 1.30. The van der Waals surface area contributed by atoms with Gasteiger partial charge in [0.25, 0.3) is 0 Å². The molecule has 2 unspecified atom stereocenters. The SMILES string of the molecule is CCC1CCNCC1S. The zero-order valence-corrected chi connectivity index (χ0v) is 6.82. The minimum atomic E-state index is 0.601. The molecule has 1 aliphatic rings. The maximum absolute atomic E-state index is 4.47. The molecule has 1 fully saturated rings. The van der Waals surface area contributed by atoms with Crippen LogP contribution in [0.25, 0.3) is 0 Å². The van der Waals surface area contributed by atoms with Crippen LogP contribution in [0.1, 0.15) is 19.8 Å². The first kappa shape index (κ1) is 7.42. The minimum Gasteiger partial charge on any atom is -0.316 e. The predicted molar refractivity (Wildman–Crippen MR) is 44.0 cm³/mol. The number of hydrogen-bond acceptors (Lipinski definition) is 2. The van der Waals surface area contributed by atoms with Crippen molar-refractivity contribution in [3.05, 3.63) is 0 Å². The zero-order valence-electron chi connectivity index (χ0n) is 5.93. The van der Waals surface area contributed by atoms with Crippen molar-refractivity contribution in [2.75, 3.05) is 13.1 Å². The van der Waals surface area contributed by atoms with Crippen LogP contribution in [0.3, 0.4) is 0 Å². The maximum Gasteiger partial charge on any atom is 0.0170 e. The second-order valence-corrected chi connectivity index (χ2v) is 3.39. The summed E-state index contributed by atoms with van der Waals surface area (Å²) in [5.74, 6) is 0.856. The molecule has 0 radical (unpaired) electrons. The Labute approximate surface area is 62.6 Å². The highest BCUT2D eigenvalue weighted by molar-refractivity contribution is 7.81. The molecule has 2 heteroatoms. The van der Waals surface area contributed by atoms with Gasteiger partial charge in [-0.2, -0.15) is 12.6 Å². The van der Waals surface area contributed by atoms with Gasteiger partial charge in [0.2, 0.25) is 0 Å². The van der Waals surface area contributed by atoms with E-state index in [9.17, 15) is 0 Å². The molecule has 1 N–H and O–H groups in total. The first-order chi connectivity index (χ1) is 4.34. The molecule has 0 spiro atoms. The van der Waals surface area contributed by atoms with E-state index >= 15 is 0 Å². The Morgan fingerprint density at radius 3 is 2.89 bits per heavy atom. The third-order valence-corrected chi connectivity index (χ3v) is 2.72. The molecule has 2 atom stereocenters. The van der Waals surface area contributed by atoms with Gasteiger partial charge in [0.15, 0.2) is 0 Å². The monoisotopic (exact) mass is 145 g/mol. The smallest absolute Gasteiger partial charge is 0.0170 e. The van der Waals surface area contributed by atoms with E-state index in [1.807, 2.05) is 0 Å². The van der Waals surface area contributed by atoms with Crippen LogP contribution < -0.4 is 5.32 Å². The Bertz CT molecular complexity index is 85.0. The fourth-order valence-electron chi connectivity index (χ4n) is 1.37. The molecule has 0 amide bonds. The summed E-state index contributed by atoms with van der Waals surface area (Å²) in [5.41, 5.74) is 0. The van der Waals surface area contributed by atoms with Gasteiger partial charge in [-0.05, 0) is 18.9 Å². The van der Waals surface area contributed by atoms with Crippen molar-refractivity contribution in [1.29, 1.82) is 0 Å². The molecule has 0 saturated carbocycles. The molecule has 1 rings (SSSR count). The second-order valence-electron chi connectivity index (χ2n) is 2.73. The van der Waals surface area contributed by atoms with Gasteiger partial charge >= 0.3 is 0 Å². The Hall–Kier alpha value is 0.310. The van der Waals surface area contributed by atoms with Gasteiger partial charge in [-0.3, -0.25) is 0 Å². The molecule has 0 aromatic carbocycles. The van der Waals surface area contributed by atoms with Crippen LogP contribution in [0.15, 0.2) is 0 Å². The third kappa shape index (κ3) is 1.87. The average Bonchev–Trinajstić information content (AvgIpc) is 1.89. The van der Waals surface area contributed by atoms with Crippen molar-refractivity contribution in [3.63, 3.8) is 0 Å². The van der Waals surface area contributed by atoms with Crippen LogP contribution in [0.2, 0.25) is 0 Å². The van der Waals surface area contributed by atoms with Gasteiger partial charge in [-0.1, -0.05) is 13.3 Å². The summed E-state index contributed by atoms with van der Waals surface area (Å²) in [6, 6.07) is 0. The molecular formula is C7H15NS. The van der Waals surface area contributed by atoms with Crippen molar-refractivity contribution in [3.8, 4) is 0 Å². The molecule has 1 heterocycles. The van der Waals surface area contributed by atoms with Crippen LogP contribution in [0.5, 0.6) is 0 Å². The topological polar surface area (TPSA) is 12.0 Å². The van der Waals surface area contributed by atoms with E-state index < -0.39 is 0 Å². The molecule has 0 bridgehead atoms. The number of thiol groups is 1. The van der Waals surface area contributed by atoms with Crippen molar-refractivity contribution in [2.45, 2.75) is 25.0 Å². The van der Waals surface area contributed by atoms with E-state index in [-0.39, 0.29) is 0 Å². The highest BCUT2D eigenvalue weighted by Crippen LogP contribution is 2.19. The third-order valence-electron chi connectivity index (χ3n) is 2.11. The molecule has 0 aromatic rings. The molecule has 9 heavy (non-hydrogen) atoms. The van der Waals surface area contributed by atoms with E-state index in [1.54, 1.807) is 0 Å². The summed E-state index contributed by atoms with van der Waals surface area (Å²) in [6.45, 7) is 4.54. The van der Waals surface area contributed by atoms with E-state index in [0.29, 0.717) is 5.25 Å². The summed E-state index contributed by atoms with van der Waals surface area (Å²) < 4.78 is 0. The highest BCUT2D eigenvalue weighted by atomic mass is 32.1. The van der Waals surface area contributed by atoms with Gasteiger partial charge in [-0.25, -0.2) is 0 Å². The quantitative estimate of drug-likeness (QED) is 0.530. The van der Waals surface area contributed by atoms with Gasteiger partial charge in [0.05, 0.1) is 0 Å². The maximum atomic E-state index is 4.47. The zero-order chi connectivity index (χ0) is 6.69. The first-order valence-electron chi connectivity index (χ1n) is 3.73. The van der Waals surface area contributed by atoms with Crippen LogP contribution in [0, 0.1) is 5.92 Å². The molecule has 0 aliphatic carbocycles. The van der Waals surface area contributed by atoms with Gasteiger partial charge in [0.1, 0.15) is 0 Å². The standard InChI is InChI=1S/C7H15NS/c1-2-6-3-4-8-5-7(6)9/h6-9H,2-5H2,1H3. The molecule has 54 valence electrons. The fraction of sp³-hybridized carbons (Fsp3) is 1.00. The Morgan fingerprint density at radius 2 is 2.44 bits per heavy atom. The lowest BCUT2D eigenvalue weighted by atomic mass is 9.95. The van der Waals surface area contributed by atoms with Gasteiger partial charge in [0, 0.05) is 11.8 Å². The highest BCUT2D eigenvalue weighted by Gasteiger charge is 2.18. The molecule has 1 aliphatic heterocycles. The normalized spacial score (nSPS) is 36.7. The van der Waals surface area contributed by atoms with Crippen LogP contribution in [-0.2, 0) is 0 Å². The lowest BCUT2D eigenvalue weighted by Gasteiger charge is -2.27. The number of piperidine rings is 1. The van der Waals surface area contributed by atoms with Crippen molar-refractivity contribution < 1.29 is 0 Å². The van der Waals surface area contributed by atoms with Crippen LogP contribution in [-0.4, -0.2) is 18.3 Å². The van der Waals surface area contributed by atoms with E-state index in [2.05, 4.69) is 24.9 Å². The number of rotatable bonds is 1. The van der Waals surface area contributed by atoms with E-state index in [0.717, 1.165) is 12.5 Å².